The van der Waals surface area contributed by atoms with Gasteiger partial charge in [0.2, 0.25) is 0 Å². The summed E-state index contributed by atoms with van der Waals surface area (Å²) in [7, 11) is 1.45. The Kier molecular flexibility index (Phi) is 3.61. The average molecular weight is 278 g/mol. The molecule has 102 valence electrons. The number of halogens is 3. The highest BCUT2D eigenvalue weighted by Gasteiger charge is 2.31. The molecule has 0 saturated carbocycles. The van der Waals surface area contributed by atoms with Crippen molar-refractivity contribution in [3.05, 3.63) is 53.5 Å². The van der Waals surface area contributed by atoms with E-state index in [4.69, 9.17) is 11.3 Å². The zero-order valence-electron chi connectivity index (χ0n) is 10.4. The van der Waals surface area contributed by atoms with E-state index >= 15 is 0 Å². The maximum absolute atomic E-state index is 12.8. The molecule has 0 saturated heterocycles. The minimum atomic E-state index is -4.51. The smallest absolute Gasteiger partial charge is 0.415 e. The van der Waals surface area contributed by atoms with Crippen molar-refractivity contribution in [1.29, 1.82) is 0 Å². The monoisotopic (exact) mass is 278 g/mol. The van der Waals surface area contributed by atoms with E-state index in [0.717, 1.165) is 12.1 Å². The van der Waals surface area contributed by atoms with E-state index in [2.05, 4.69) is 9.83 Å². The van der Waals surface area contributed by atoms with E-state index in [0.29, 0.717) is 11.4 Å². The lowest BCUT2D eigenvalue weighted by Crippen LogP contribution is -2.04. The normalized spacial score (nSPS) is 10.9. The first kappa shape index (κ1) is 13.9. The van der Waals surface area contributed by atoms with Gasteiger partial charge in [0.05, 0.1) is 19.4 Å². The topological polar surface area (TPSA) is 26.5 Å². The molecule has 1 aromatic heterocycles. The number of hydrogen-bond acceptors (Lipinski definition) is 2. The van der Waals surface area contributed by atoms with Gasteiger partial charge in [-0.25, -0.2) is 4.85 Å². The quantitative estimate of drug-likeness (QED) is 0.764. The third kappa shape index (κ3) is 2.88. The summed E-state index contributed by atoms with van der Waals surface area (Å²) in [6.07, 6.45) is -3.07. The van der Waals surface area contributed by atoms with Gasteiger partial charge in [0.15, 0.2) is 5.69 Å². The van der Waals surface area contributed by atoms with Gasteiger partial charge in [-0.1, -0.05) is 0 Å². The summed E-state index contributed by atoms with van der Waals surface area (Å²) in [6, 6.07) is 6.26. The van der Waals surface area contributed by atoms with Crippen LogP contribution in [0.3, 0.4) is 0 Å². The molecule has 0 bridgehead atoms. The Morgan fingerprint density at radius 1 is 1.20 bits per heavy atom. The Labute approximate surface area is 113 Å². The first-order valence-corrected chi connectivity index (χ1v) is 5.54. The molecule has 0 aliphatic carbocycles. The number of methoxy groups -OCH3 is 1. The van der Waals surface area contributed by atoms with Crippen LogP contribution in [0.1, 0.15) is 5.56 Å². The fraction of sp³-hybridized carbons (Fsp3) is 0.143. The molecule has 20 heavy (non-hydrogen) atoms. The molecule has 1 aromatic carbocycles. The van der Waals surface area contributed by atoms with Crippen LogP contribution in [0.5, 0.6) is 5.75 Å². The minimum absolute atomic E-state index is 0.0838. The molecular formula is C14H9F3N2O. The summed E-state index contributed by atoms with van der Waals surface area (Å²) in [6.45, 7) is 6.90. The first-order chi connectivity index (χ1) is 9.44. The summed E-state index contributed by atoms with van der Waals surface area (Å²) in [5.41, 5.74) is -0.407. The number of benzene rings is 1. The van der Waals surface area contributed by atoms with Crippen molar-refractivity contribution in [2.75, 3.05) is 7.11 Å². The minimum Gasteiger partial charge on any atom is -0.497 e. The van der Waals surface area contributed by atoms with Crippen molar-refractivity contribution in [2.24, 2.45) is 0 Å². The molecule has 0 N–H and O–H groups in total. The fourth-order valence-corrected chi connectivity index (χ4v) is 1.68. The first-order valence-electron chi connectivity index (χ1n) is 5.54. The molecule has 0 unspecified atom stereocenters. The Bertz CT molecular complexity index is 675. The lowest BCUT2D eigenvalue weighted by atomic mass is 10.1. The maximum atomic E-state index is 12.8. The molecule has 0 aliphatic rings. The predicted octanol–water partition coefficient (Wildman–Crippen LogP) is 4.33. The molecular weight excluding hydrogens is 269 g/mol. The highest BCUT2D eigenvalue weighted by Crippen LogP contribution is 2.35. The Morgan fingerprint density at radius 2 is 1.95 bits per heavy atom. The summed E-state index contributed by atoms with van der Waals surface area (Å²) < 4.78 is 43.4. The fourth-order valence-electron chi connectivity index (χ4n) is 1.68. The molecule has 0 amide bonds. The molecule has 0 fully saturated rings. The highest BCUT2D eigenvalue weighted by molar-refractivity contribution is 5.68. The van der Waals surface area contributed by atoms with Gasteiger partial charge in [-0.05, 0) is 29.8 Å². The van der Waals surface area contributed by atoms with Gasteiger partial charge in [0.1, 0.15) is 5.75 Å². The number of alkyl halides is 3. The second kappa shape index (κ2) is 5.21. The number of ether oxygens (including phenoxy) is 1. The van der Waals surface area contributed by atoms with Crippen LogP contribution in [0.4, 0.5) is 18.9 Å². The molecule has 3 nitrogen and oxygen atoms in total. The highest BCUT2D eigenvalue weighted by atomic mass is 19.4. The Morgan fingerprint density at radius 3 is 2.55 bits per heavy atom. The number of rotatable bonds is 2. The zero-order chi connectivity index (χ0) is 14.8. The summed E-state index contributed by atoms with van der Waals surface area (Å²) in [5, 5.41) is 0. The van der Waals surface area contributed by atoms with Crippen LogP contribution in [0.15, 0.2) is 36.5 Å². The van der Waals surface area contributed by atoms with Crippen molar-refractivity contribution in [3.63, 3.8) is 0 Å². The van der Waals surface area contributed by atoms with Gasteiger partial charge in [0.25, 0.3) is 0 Å². The molecule has 0 aliphatic heterocycles. The average Bonchev–Trinajstić information content (AvgIpc) is 2.46. The van der Waals surface area contributed by atoms with Gasteiger partial charge in [-0.2, -0.15) is 13.2 Å². The molecule has 0 spiro atoms. The number of hydrogen-bond donors (Lipinski definition) is 0. The summed E-state index contributed by atoms with van der Waals surface area (Å²) >= 11 is 0. The van der Waals surface area contributed by atoms with Crippen LogP contribution in [0.2, 0.25) is 0 Å². The predicted molar refractivity (Wildman–Crippen MR) is 67.5 cm³/mol. The molecule has 0 atom stereocenters. The SMILES string of the molecule is [C-]#[N+]c1cc(-c2cc(OC)ccn2)cc(C(F)(F)F)c1. The van der Waals surface area contributed by atoms with Crippen LogP contribution in [-0.2, 0) is 6.18 Å². The van der Waals surface area contributed by atoms with Crippen LogP contribution >= 0.6 is 0 Å². The molecule has 1 heterocycles. The largest absolute Gasteiger partial charge is 0.497 e. The van der Waals surface area contributed by atoms with Crippen molar-refractivity contribution in [1.82, 2.24) is 4.98 Å². The number of nitrogens with zero attached hydrogens (tertiary/aromatic N) is 2. The van der Waals surface area contributed by atoms with Gasteiger partial charge >= 0.3 is 6.18 Å². The van der Waals surface area contributed by atoms with Crippen LogP contribution in [-0.4, -0.2) is 12.1 Å². The van der Waals surface area contributed by atoms with Crippen LogP contribution in [0, 0.1) is 6.57 Å². The molecule has 0 radical (unpaired) electrons. The van der Waals surface area contributed by atoms with Gasteiger partial charge in [-0.15, -0.1) is 0 Å². The van der Waals surface area contributed by atoms with Crippen molar-refractivity contribution in [2.45, 2.75) is 6.18 Å². The summed E-state index contributed by atoms with van der Waals surface area (Å²) in [5.74, 6) is 0.483. The van der Waals surface area contributed by atoms with Crippen molar-refractivity contribution >= 4 is 5.69 Å². The third-order valence-corrected chi connectivity index (χ3v) is 2.64. The van der Waals surface area contributed by atoms with Crippen molar-refractivity contribution < 1.29 is 17.9 Å². The van der Waals surface area contributed by atoms with E-state index in [1.807, 2.05) is 0 Å². The lowest BCUT2D eigenvalue weighted by molar-refractivity contribution is -0.137. The Hall–Kier alpha value is -2.55. The van der Waals surface area contributed by atoms with Crippen LogP contribution < -0.4 is 4.74 Å². The molecule has 2 aromatic rings. The lowest BCUT2D eigenvalue weighted by Gasteiger charge is -2.10. The van der Waals surface area contributed by atoms with E-state index < -0.39 is 11.7 Å². The van der Waals surface area contributed by atoms with Gasteiger partial charge in [0, 0.05) is 17.8 Å². The molecule has 6 heteroatoms. The van der Waals surface area contributed by atoms with Gasteiger partial charge in [-0.3, -0.25) is 4.98 Å². The second-order valence-electron chi connectivity index (χ2n) is 3.96. The third-order valence-electron chi connectivity index (χ3n) is 2.64. The van der Waals surface area contributed by atoms with E-state index in [1.165, 1.54) is 25.4 Å². The second-order valence-corrected chi connectivity index (χ2v) is 3.96. The van der Waals surface area contributed by atoms with E-state index in [1.54, 1.807) is 6.07 Å². The number of aromatic nitrogens is 1. The zero-order valence-corrected chi connectivity index (χ0v) is 10.4. The van der Waals surface area contributed by atoms with E-state index in [-0.39, 0.29) is 11.3 Å². The van der Waals surface area contributed by atoms with Gasteiger partial charge < -0.3 is 4.74 Å². The Balaban J connectivity index is 2.59. The molecule has 2 rings (SSSR count). The van der Waals surface area contributed by atoms with E-state index in [9.17, 15) is 13.2 Å². The number of pyridine rings is 1. The van der Waals surface area contributed by atoms with Crippen molar-refractivity contribution in [3.8, 4) is 17.0 Å². The maximum Gasteiger partial charge on any atom is 0.415 e. The summed E-state index contributed by atoms with van der Waals surface area (Å²) in [4.78, 5) is 7.07. The standard InChI is InChI=1S/C14H9F3N2O/c1-18-11-6-9(5-10(7-11)14(15,16)17)13-8-12(20-2)3-4-19-13/h3-8H,2H3. The van der Waals surface area contributed by atoms with Crippen LogP contribution in [0.25, 0.3) is 16.1 Å².